The number of rotatable bonds is 4. The molecule has 108 valence electrons. The van der Waals surface area contributed by atoms with Gasteiger partial charge >= 0.3 is 0 Å². The molecule has 1 atom stereocenters. The Hall–Kier alpha value is -1.37. The second-order valence-corrected chi connectivity index (χ2v) is 6.93. The number of halogens is 1. The van der Waals surface area contributed by atoms with Crippen LogP contribution in [0, 0.1) is 6.92 Å². The van der Waals surface area contributed by atoms with Crippen LogP contribution in [0.25, 0.3) is 5.69 Å². The van der Waals surface area contributed by atoms with Crippen molar-refractivity contribution in [1.82, 2.24) is 9.55 Å². The van der Waals surface area contributed by atoms with Crippen LogP contribution in [0.2, 0.25) is 5.02 Å². The van der Waals surface area contributed by atoms with Crippen LogP contribution < -0.4 is 0 Å². The summed E-state index contributed by atoms with van der Waals surface area (Å²) in [5.74, 6) is -0.371. The van der Waals surface area contributed by atoms with E-state index in [0.29, 0.717) is 10.7 Å². The highest BCUT2D eigenvalue weighted by atomic mass is 35.5. The molecule has 1 heterocycles. The van der Waals surface area contributed by atoms with Gasteiger partial charge in [0.25, 0.3) is 0 Å². The largest absolute Gasteiger partial charge is 0.392 e. The van der Waals surface area contributed by atoms with Crippen molar-refractivity contribution in [2.24, 2.45) is 0 Å². The summed E-state index contributed by atoms with van der Waals surface area (Å²) in [4.78, 5) is 3.91. The molecule has 7 heteroatoms. The van der Waals surface area contributed by atoms with Gasteiger partial charge in [-0.05, 0) is 31.5 Å². The maximum absolute atomic E-state index is 12.2. The van der Waals surface area contributed by atoms with Crippen LogP contribution in [0.5, 0.6) is 0 Å². The zero-order chi connectivity index (χ0) is 14.9. The molecule has 0 amide bonds. The fourth-order valence-corrected chi connectivity index (χ4v) is 3.59. The monoisotopic (exact) mass is 314 g/mol. The number of nitrogens with zero attached hydrogens (tertiary/aromatic N) is 2. The summed E-state index contributed by atoms with van der Waals surface area (Å²) in [5.41, 5.74) is 1.42. The third-order valence-corrected chi connectivity index (χ3v) is 5.03. The van der Waals surface area contributed by atoms with E-state index in [9.17, 15) is 13.5 Å². The highest BCUT2D eigenvalue weighted by molar-refractivity contribution is 7.91. The summed E-state index contributed by atoms with van der Waals surface area (Å²) >= 11 is 6.06. The van der Waals surface area contributed by atoms with Crippen molar-refractivity contribution in [3.05, 3.63) is 41.2 Å². The summed E-state index contributed by atoms with van der Waals surface area (Å²) in [7, 11) is -3.67. The summed E-state index contributed by atoms with van der Waals surface area (Å²) in [6.45, 7) is 3.23. The van der Waals surface area contributed by atoms with Gasteiger partial charge in [0.2, 0.25) is 15.0 Å². The second-order valence-electron chi connectivity index (χ2n) is 4.59. The first-order valence-electron chi connectivity index (χ1n) is 6.02. The van der Waals surface area contributed by atoms with Crippen molar-refractivity contribution in [3.8, 4) is 5.69 Å². The minimum absolute atomic E-state index is 0.0937. The Morgan fingerprint density at radius 2 is 2.15 bits per heavy atom. The number of sulfone groups is 1. The Labute approximate surface area is 122 Å². The van der Waals surface area contributed by atoms with Gasteiger partial charge in [-0.25, -0.2) is 13.4 Å². The molecular formula is C13H15ClN2O3S. The molecule has 20 heavy (non-hydrogen) atoms. The predicted molar refractivity (Wildman–Crippen MR) is 77.0 cm³/mol. The van der Waals surface area contributed by atoms with Crippen LogP contribution in [0.3, 0.4) is 0 Å². The van der Waals surface area contributed by atoms with E-state index in [1.807, 2.05) is 6.92 Å². The minimum Gasteiger partial charge on any atom is -0.392 e. The van der Waals surface area contributed by atoms with E-state index < -0.39 is 15.9 Å². The zero-order valence-corrected chi connectivity index (χ0v) is 12.7. The van der Waals surface area contributed by atoms with Crippen molar-refractivity contribution < 1.29 is 13.5 Å². The topological polar surface area (TPSA) is 72.2 Å². The van der Waals surface area contributed by atoms with Gasteiger partial charge in [0.15, 0.2) is 0 Å². The summed E-state index contributed by atoms with van der Waals surface area (Å²) in [6, 6.07) is 5.25. The van der Waals surface area contributed by atoms with Crippen LogP contribution in [-0.4, -0.2) is 34.9 Å². The van der Waals surface area contributed by atoms with Gasteiger partial charge in [-0.3, -0.25) is 4.57 Å². The van der Waals surface area contributed by atoms with Gasteiger partial charge < -0.3 is 5.11 Å². The number of hydrogen-bond donors (Lipinski definition) is 1. The maximum atomic E-state index is 12.2. The lowest BCUT2D eigenvalue weighted by molar-refractivity contribution is 0.218. The Bertz CT molecular complexity index is 723. The summed E-state index contributed by atoms with van der Waals surface area (Å²) in [5, 5.41) is 9.77. The highest BCUT2D eigenvalue weighted by Gasteiger charge is 2.24. The lowest BCUT2D eigenvalue weighted by Crippen LogP contribution is -2.21. The maximum Gasteiger partial charge on any atom is 0.232 e. The van der Waals surface area contributed by atoms with Crippen molar-refractivity contribution >= 4 is 21.4 Å². The van der Waals surface area contributed by atoms with Crippen LogP contribution in [0.15, 0.2) is 35.7 Å². The van der Waals surface area contributed by atoms with Crippen LogP contribution >= 0.6 is 11.6 Å². The Kier molecular flexibility index (Phi) is 4.17. The SMILES string of the molecule is Cc1c(Cl)cccc1-n1ccnc1S(=O)(=O)C[C@@H](C)O. The molecule has 0 saturated heterocycles. The van der Waals surface area contributed by atoms with Crippen LogP contribution in [-0.2, 0) is 9.84 Å². The lowest BCUT2D eigenvalue weighted by Gasteiger charge is -2.12. The average Bonchev–Trinajstić information content (AvgIpc) is 2.80. The van der Waals surface area contributed by atoms with Crippen molar-refractivity contribution in [2.45, 2.75) is 25.1 Å². The van der Waals surface area contributed by atoms with Gasteiger partial charge in [0.1, 0.15) is 0 Å². The smallest absolute Gasteiger partial charge is 0.232 e. The standard InChI is InChI=1S/C13H15ClN2O3S/c1-9(17)8-20(18,19)13-15-6-7-16(13)12-5-3-4-11(14)10(12)2/h3-7,9,17H,8H2,1-2H3/t9-/m1/s1. The first-order valence-corrected chi connectivity index (χ1v) is 8.05. The summed E-state index contributed by atoms with van der Waals surface area (Å²) in [6.07, 6.45) is 2.02. The first kappa shape index (κ1) is 15.0. The van der Waals surface area contributed by atoms with Gasteiger partial charge in [-0.15, -0.1) is 0 Å². The van der Waals surface area contributed by atoms with Gasteiger partial charge in [-0.2, -0.15) is 0 Å². The minimum atomic E-state index is -3.67. The molecule has 0 radical (unpaired) electrons. The Morgan fingerprint density at radius 1 is 1.45 bits per heavy atom. The quantitative estimate of drug-likeness (QED) is 0.936. The molecule has 0 aliphatic carbocycles. The van der Waals surface area contributed by atoms with Crippen LogP contribution in [0.4, 0.5) is 0 Å². The molecule has 5 nitrogen and oxygen atoms in total. The molecular weight excluding hydrogens is 300 g/mol. The molecule has 0 spiro atoms. The van der Waals surface area contributed by atoms with Gasteiger partial charge in [-0.1, -0.05) is 17.7 Å². The number of aromatic nitrogens is 2. The van der Waals surface area contributed by atoms with E-state index in [4.69, 9.17) is 11.6 Å². The number of aliphatic hydroxyl groups excluding tert-OH is 1. The molecule has 0 aliphatic heterocycles. The molecule has 0 bridgehead atoms. The first-order chi connectivity index (χ1) is 9.33. The summed E-state index contributed by atoms with van der Waals surface area (Å²) < 4.78 is 25.9. The van der Waals surface area contributed by atoms with Crippen LogP contribution in [0.1, 0.15) is 12.5 Å². The number of aliphatic hydroxyl groups is 1. The lowest BCUT2D eigenvalue weighted by atomic mass is 10.2. The van der Waals surface area contributed by atoms with Crippen molar-refractivity contribution in [3.63, 3.8) is 0 Å². The Balaban J connectivity index is 2.57. The van der Waals surface area contributed by atoms with E-state index in [2.05, 4.69) is 4.98 Å². The predicted octanol–water partition coefficient (Wildman–Crippen LogP) is 1.99. The van der Waals surface area contributed by atoms with Gasteiger partial charge in [0.05, 0.1) is 17.5 Å². The molecule has 0 fully saturated rings. The molecule has 2 rings (SSSR count). The molecule has 2 aromatic rings. The number of benzene rings is 1. The fourth-order valence-electron chi connectivity index (χ4n) is 1.95. The van der Waals surface area contributed by atoms with E-state index in [-0.39, 0.29) is 10.9 Å². The zero-order valence-electron chi connectivity index (χ0n) is 11.1. The molecule has 0 unspecified atom stereocenters. The average molecular weight is 315 g/mol. The number of imidazole rings is 1. The second kappa shape index (κ2) is 5.55. The molecule has 0 aliphatic rings. The molecule has 1 N–H and O–H groups in total. The fraction of sp³-hybridized carbons (Fsp3) is 0.308. The Morgan fingerprint density at radius 3 is 2.80 bits per heavy atom. The van der Waals surface area contributed by atoms with E-state index >= 15 is 0 Å². The van der Waals surface area contributed by atoms with E-state index in [0.717, 1.165) is 5.56 Å². The van der Waals surface area contributed by atoms with Crippen molar-refractivity contribution in [2.75, 3.05) is 5.75 Å². The normalized spacial score (nSPS) is 13.4. The van der Waals surface area contributed by atoms with Crippen molar-refractivity contribution in [1.29, 1.82) is 0 Å². The van der Waals surface area contributed by atoms with E-state index in [1.54, 1.807) is 24.4 Å². The third kappa shape index (κ3) is 2.87. The molecule has 1 aromatic carbocycles. The van der Waals surface area contributed by atoms with Gasteiger partial charge in [0, 0.05) is 17.4 Å². The highest BCUT2D eigenvalue weighted by Crippen LogP contribution is 2.24. The number of hydrogen-bond acceptors (Lipinski definition) is 4. The molecule has 0 saturated carbocycles. The third-order valence-electron chi connectivity index (χ3n) is 2.84. The molecule has 1 aromatic heterocycles. The van der Waals surface area contributed by atoms with E-state index in [1.165, 1.54) is 17.7 Å².